The number of hydrogen-bond donors (Lipinski definition) is 5. The van der Waals surface area contributed by atoms with Gasteiger partial charge in [0.05, 0.1) is 19.8 Å². The highest BCUT2D eigenvalue weighted by molar-refractivity contribution is 5.96. The van der Waals surface area contributed by atoms with Gasteiger partial charge in [0.15, 0.2) is 0 Å². The van der Waals surface area contributed by atoms with E-state index in [0.29, 0.717) is 0 Å². The summed E-state index contributed by atoms with van der Waals surface area (Å²) in [4.78, 5) is 76.7. The van der Waals surface area contributed by atoms with Gasteiger partial charge >= 0.3 is 11.9 Å². The number of carbonyl (C=O) groups excluding carboxylic acids is 6. The number of nitrogens with one attached hydrogen (secondary N) is 5. The number of hydrogen-bond acceptors (Lipinski definition) is 12. The predicted octanol–water partition coefficient (Wildman–Crippen LogP) is -0.976. The molecule has 4 amide bonds. The zero-order valence-electron chi connectivity index (χ0n) is 26.8. The van der Waals surface area contributed by atoms with Crippen LogP contribution < -0.4 is 26.7 Å². The van der Waals surface area contributed by atoms with E-state index >= 15 is 0 Å². The Hall–Kier alpha value is -3.60. The van der Waals surface area contributed by atoms with Crippen LogP contribution in [-0.4, -0.2) is 113 Å². The first-order valence-corrected chi connectivity index (χ1v) is 14.2. The molecule has 0 bridgehead atoms. The topological polar surface area (TPSA) is 209 Å². The molecule has 1 atom stereocenters. The minimum absolute atomic E-state index is 0.0904. The van der Waals surface area contributed by atoms with Gasteiger partial charge in [-0.25, -0.2) is 10.3 Å². The Labute approximate surface area is 258 Å². The Morgan fingerprint density at radius 2 is 1.25 bits per heavy atom. The van der Waals surface area contributed by atoms with Crippen LogP contribution in [0.25, 0.3) is 0 Å². The normalized spacial score (nSPS) is 12.2. The standard InChI is InChI=1S/C28H49N5O11/c1-27(2,3)43-25(38)17-22(35)33-20(26(39)44-28(4,5)6)9-8-10-21(34)32-13-14-40-15-16-41-18-23(36)30-11-12-31-24(37)19-42-29-7/h8-9,20,29H,10-19H2,1-7H3,(H,30,36)(H,31,37)(H,32,34)(H,33,35)/b9-8+. The number of ether oxygens (including phenoxy) is 4. The van der Waals surface area contributed by atoms with Gasteiger partial charge in [0.1, 0.15) is 36.9 Å². The van der Waals surface area contributed by atoms with Gasteiger partial charge in [-0.15, -0.1) is 0 Å². The number of rotatable bonds is 21. The van der Waals surface area contributed by atoms with E-state index in [4.69, 9.17) is 23.8 Å². The van der Waals surface area contributed by atoms with Crippen LogP contribution in [0, 0.1) is 0 Å². The van der Waals surface area contributed by atoms with Crippen LogP contribution in [-0.2, 0) is 52.6 Å². The van der Waals surface area contributed by atoms with Gasteiger partial charge in [0.2, 0.25) is 23.6 Å². The average Bonchev–Trinajstić information content (AvgIpc) is 2.88. The van der Waals surface area contributed by atoms with E-state index in [9.17, 15) is 28.8 Å². The molecule has 5 N–H and O–H groups in total. The Balaban J connectivity index is 4.29. The molecule has 0 aliphatic carbocycles. The third kappa shape index (κ3) is 24.9. The van der Waals surface area contributed by atoms with Gasteiger partial charge in [0, 0.05) is 33.1 Å². The molecule has 0 rings (SSSR count). The van der Waals surface area contributed by atoms with Gasteiger partial charge in [-0.2, -0.15) is 0 Å². The van der Waals surface area contributed by atoms with Crippen LogP contribution in [0.3, 0.4) is 0 Å². The zero-order chi connectivity index (χ0) is 33.6. The van der Waals surface area contributed by atoms with Crippen molar-refractivity contribution >= 4 is 35.6 Å². The van der Waals surface area contributed by atoms with Crippen molar-refractivity contribution in [2.45, 2.75) is 71.6 Å². The van der Waals surface area contributed by atoms with E-state index < -0.39 is 41.5 Å². The molecule has 0 spiro atoms. The molecule has 16 nitrogen and oxygen atoms in total. The Kier molecular flexibility index (Phi) is 20.2. The quantitative estimate of drug-likeness (QED) is 0.0341. The van der Waals surface area contributed by atoms with Gasteiger partial charge < -0.3 is 40.2 Å². The second-order valence-electron chi connectivity index (χ2n) is 11.2. The Morgan fingerprint density at radius 1 is 0.682 bits per heavy atom. The van der Waals surface area contributed by atoms with Crippen LogP contribution in [0.2, 0.25) is 0 Å². The highest BCUT2D eigenvalue weighted by Crippen LogP contribution is 2.11. The van der Waals surface area contributed by atoms with Crippen molar-refractivity contribution in [2.75, 3.05) is 59.7 Å². The molecule has 0 aliphatic heterocycles. The zero-order valence-corrected chi connectivity index (χ0v) is 26.8. The fraction of sp³-hybridized carbons (Fsp3) is 0.714. The molecule has 0 saturated heterocycles. The predicted molar refractivity (Wildman–Crippen MR) is 158 cm³/mol. The summed E-state index contributed by atoms with van der Waals surface area (Å²) < 4.78 is 21.0. The SMILES string of the molecule is CNOCC(=O)NCCNC(=O)COCCOCCNC(=O)C/C=C/C(NC(=O)CC(=O)OC(C)(C)C)C(=O)OC(C)(C)C. The minimum atomic E-state index is -1.22. The van der Waals surface area contributed by atoms with Crippen LogP contribution in [0.15, 0.2) is 12.2 Å². The fourth-order valence-electron chi connectivity index (χ4n) is 2.96. The number of esters is 2. The van der Waals surface area contributed by atoms with Crippen LogP contribution in [0.4, 0.5) is 0 Å². The molecule has 0 aliphatic rings. The molecule has 16 heteroatoms. The van der Waals surface area contributed by atoms with Gasteiger partial charge in [-0.05, 0) is 41.5 Å². The Morgan fingerprint density at radius 3 is 1.84 bits per heavy atom. The maximum atomic E-state index is 12.6. The lowest BCUT2D eigenvalue weighted by atomic mass is 10.1. The lowest BCUT2D eigenvalue weighted by Crippen LogP contribution is -2.44. The van der Waals surface area contributed by atoms with Gasteiger partial charge in [-0.1, -0.05) is 12.2 Å². The molecule has 0 aromatic heterocycles. The monoisotopic (exact) mass is 631 g/mol. The molecule has 0 aromatic rings. The second-order valence-corrected chi connectivity index (χ2v) is 11.2. The lowest BCUT2D eigenvalue weighted by Gasteiger charge is -2.23. The van der Waals surface area contributed by atoms with E-state index in [1.165, 1.54) is 19.2 Å². The van der Waals surface area contributed by atoms with Crippen molar-refractivity contribution in [2.24, 2.45) is 0 Å². The Bertz CT molecular complexity index is 959. The molecule has 44 heavy (non-hydrogen) atoms. The molecule has 1 unspecified atom stereocenters. The molecular weight excluding hydrogens is 582 g/mol. The first-order valence-electron chi connectivity index (χ1n) is 14.2. The fourth-order valence-corrected chi connectivity index (χ4v) is 2.96. The summed E-state index contributed by atoms with van der Waals surface area (Å²) in [6.07, 6.45) is 2.05. The largest absolute Gasteiger partial charge is 0.460 e. The van der Waals surface area contributed by atoms with Crippen LogP contribution in [0.5, 0.6) is 0 Å². The molecule has 0 saturated carbocycles. The molecular formula is C28H49N5O11. The summed E-state index contributed by atoms with van der Waals surface area (Å²) in [5, 5.41) is 10.2. The van der Waals surface area contributed by atoms with Crippen molar-refractivity contribution in [1.29, 1.82) is 0 Å². The second kappa shape index (κ2) is 22.0. The third-order valence-corrected chi connectivity index (χ3v) is 4.62. The summed E-state index contributed by atoms with van der Waals surface area (Å²) in [5.41, 5.74) is 0.787. The highest BCUT2D eigenvalue weighted by Gasteiger charge is 2.26. The van der Waals surface area contributed by atoms with E-state index in [2.05, 4.69) is 26.7 Å². The third-order valence-electron chi connectivity index (χ3n) is 4.62. The van der Waals surface area contributed by atoms with Crippen molar-refractivity contribution in [3.8, 4) is 0 Å². The van der Waals surface area contributed by atoms with E-state index in [-0.39, 0.29) is 76.8 Å². The molecule has 0 heterocycles. The molecule has 252 valence electrons. The summed E-state index contributed by atoms with van der Waals surface area (Å²) in [5.74, 6) is -3.25. The first kappa shape index (κ1) is 40.4. The molecule has 0 radical (unpaired) electrons. The first-order chi connectivity index (χ1) is 20.5. The highest BCUT2D eigenvalue weighted by atomic mass is 16.6. The maximum Gasteiger partial charge on any atom is 0.333 e. The van der Waals surface area contributed by atoms with Crippen molar-refractivity contribution in [3.05, 3.63) is 12.2 Å². The van der Waals surface area contributed by atoms with Crippen molar-refractivity contribution in [3.63, 3.8) is 0 Å². The molecule has 0 aromatic carbocycles. The summed E-state index contributed by atoms with van der Waals surface area (Å²) >= 11 is 0. The van der Waals surface area contributed by atoms with Crippen molar-refractivity contribution in [1.82, 2.24) is 26.7 Å². The summed E-state index contributed by atoms with van der Waals surface area (Å²) in [6, 6.07) is -1.22. The summed E-state index contributed by atoms with van der Waals surface area (Å²) in [6.45, 7) is 11.0. The van der Waals surface area contributed by atoms with Crippen molar-refractivity contribution < 1.29 is 52.6 Å². The smallest absolute Gasteiger partial charge is 0.333 e. The van der Waals surface area contributed by atoms with Gasteiger partial charge in [0.25, 0.3) is 0 Å². The van der Waals surface area contributed by atoms with Crippen LogP contribution in [0.1, 0.15) is 54.4 Å². The number of carbonyl (C=O) groups is 6. The number of amides is 4. The van der Waals surface area contributed by atoms with Gasteiger partial charge in [-0.3, -0.25) is 28.8 Å². The van der Waals surface area contributed by atoms with E-state index in [0.717, 1.165) is 0 Å². The van der Waals surface area contributed by atoms with E-state index in [1.54, 1.807) is 41.5 Å². The lowest BCUT2D eigenvalue weighted by molar-refractivity contribution is -0.160. The summed E-state index contributed by atoms with van der Waals surface area (Å²) in [7, 11) is 1.54. The van der Waals surface area contributed by atoms with E-state index in [1.807, 2.05) is 0 Å². The average molecular weight is 632 g/mol. The van der Waals surface area contributed by atoms with Crippen LogP contribution >= 0.6 is 0 Å². The number of hydroxylamine groups is 1. The molecule has 0 fully saturated rings. The minimum Gasteiger partial charge on any atom is -0.460 e. The maximum absolute atomic E-state index is 12.6.